The van der Waals surface area contributed by atoms with Gasteiger partial charge in [-0.05, 0) is 12.1 Å². The first-order valence-corrected chi connectivity index (χ1v) is 6.10. The predicted octanol–water partition coefficient (Wildman–Crippen LogP) is 0.178. The maximum absolute atomic E-state index is 11.8. The molecule has 0 spiro atoms. The first-order chi connectivity index (χ1) is 9.82. The lowest BCUT2D eigenvalue weighted by Gasteiger charge is -2.12. The molecule has 0 bridgehead atoms. The number of hydrogen-bond acceptors (Lipinski definition) is 5. The lowest BCUT2D eigenvalue weighted by Crippen LogP contribution is -2.39. The van der Waals surface area contributed by atoms with Gasteiger partial charge in [-0.1, -0.05) is 0 Å². The quantitative estimate of drug-likeness (QED) is 0.308. The molecule has 0 aliphatic carbocycles. The summed E-state index contributed by atoms with van der Waals surface area (Å²) in [7, 11) is 3.21. The zero-order valence-electron chi connectivity index (χ0n) is 11.8. The van der Waals surface area contributed by atoms with Crippen LogP contribution in [0.25, 0.3) is 0 Å². The summed E-state index contributed by atoms with van der Waals surface area (Å²) < 4.78 is 0. The number of rotatable bonds is 5. The summed E-state index contributed by atoms with van der Waals surface area (Å²) >= 11 is 0. The van der Waals surface area contributed by atoms with Crippen LogP contribution in [0.2, 0.25) is 0 Å². The molecule has 21 heavy (non-hydrogen) atoms. The Balaban J connectivity index is 2.51. The van der Waals surface area contributed by atoms with E-state index in [1.807, 2.05) is 0 Å². The van der Waals surface area contributed by atoms with Crippen molar-refractivity contribution in [2.45, 2.75) is 0 Å². The Kier molecular flexibility index (Phi) is 5.47. The molecule has 3 amide bonds. The van der Waals surface area contributed by atoms with Gasteiger partial charge in [0.15, 0.2) is 0 Å². The van der Waals surface area contributed by atoms with Gasteiger partial charge in [-0.15, -0.1) is 0 Å². The fourth-order valence-corrected chi connectivity index (χ4v) is 1.47. The van der Waals surface area contributed by atoms with Gasteiger partial charge in [0.1, 0.15) is 5.69 Å². The Morgan fingerprint density at radius 2 is 1.90 bits per heavy atom. The molecule has 9 nitrogen and oxygen atoms in total. The van der Waals surface area contributed by atoms with Crippen molar-refractivity contribution in [1.29, 1.82) is 0 Å². The Morgan fingerprint density at radius 1 is 1.29 bits per heavy atom. The predicted molar refractivity (Wildman–Crippen MR) is 76.9 cm³/mol. The normalized spacial score (nSPS) is 9.81. The van der Waals surface area contributed by atoms with Gasteiger partial charge in [0, 0.05) is 38.8 Å². The van der Waals surface area contributed by atoms with E-state index in [-0.39, 0.29) is 36.1 Å². The maximum Gasteiger partial charge on any atom is 0.316 e. The van der Waals surface area contributed by atoms with Crippen LogP contribution in [-0.4, -0.2) is 48.9 Å². The number of anilines is 1. The Hall–Kier alpha value is -2.84. The topological polar surface area (TPSA) is 131 Å². The van der Waals surface area contributed by atoms with Crippen LogP contribution >= 0.6 is 0 Å². The second-order valence-corrected chi connectivity index (χ2v) is 4.41. The first-order valence-electron chi connectivity index (χ1n) is 6.10. The third kappa shape index (κ3) is 4.64. The molecule has 1 rings (SSSR count). The molecule has 114 valence electrons. The largest absolute Gasteiger partial charge is 0.393 e. The number of nitro groups is 1. The molecule has 0 fully saturated rings. The minimum atomic E-state index is -0.617. The van der Waals surface area contributed by atoms with Gasteiger partial charge in [0.25, 0.3) is 11.6 Å². The van der Waals surface area contributed by atoms with Crippen LogP contribution in [0, 0.1) is 10.1 Å². The van der Waals surface area contributed by atoms with Crippen molar-refractivity contribution >= 4 is 23.3 Å². The molecule has 9 heteroatoms. The Morgan fingerprint density at radius 3 is 2.43 bits per heavy atom. The SMILES string of the molecule is CN(C)C(=O)NCCNC(=O)c1ccc([N+](=O)[O-])c(N)c1. The number of nitrogens with zero attached hydrogens (tertiary/aromatic N) is 2. The van der Waals surface area contributed by atoms with Crippen molar-refractivity contribution in [2.75, 3.05) is 32.9 Å². The van der Waals surface area contributed by atoms with Crippen molar-refractivity contribution in [3.63, 3.8) is 0 Å². The van der Waals surface area contributed by atoms with Gasteiger partial charge >= 0.3 is 6.03 Å². The van der Waals surface area contributed by atoms with Gasteiger partial charge < -0.3 is 21.3 Å². The molecule has 0 radical (unpaired) electrons. The highest BCUT2D eigenvalue weighted by Gasteiger charge is 2.14. The van der Waals surface area contributed by atoms with E-state index in [0.29, 0.717) is 0 Å². The van der Waals surface area contributed by atoms with E-state index in [2.05, 4.69) is 10.6 Å². The number of nitrogens with two attached hydrogens (primary N) is 1. The van der Waals surface area contributed by atoms with Crippen LogP contribution in [0.15, 0.2) is 18.2 Å². The van der Waals surface area contributed by atoms with Crippen LogP contribution < -0.4 is 16.4 Å². The van der Waals surface area contributed by atoms with Crippen molar-refractivity contribution in [3.8, 4) is 0 Å². The van der Waals surface area contributed by atoms with E-state index in [1.54, 1.807) is 14.1 Å². The second kappa shape index (κ2) is 7.08. The molecule has 0 aromatic heterocycles. The fourth-order valence-electron chi connectivity index (χ4n) is 1.47. The third-order valence-corrected chi connectivity index (χ3v) is 2.58. The van der Waals surface area contributed by atoms with E-state index >= 15 is 0 Å². The average molecular weight is 295 g/mol. The lowest BCUT2D eigenvalue weighted by atomic mass is 10.1. The molecule has 0 saturated carbocycles. The molecule has 1 aromatic rings. The number of hydrogen-bond donors (Lipinski definition) is 3. The molecule has 0 saturated heterocycles. The van der Waals surface area contributed by atoms with E-state index in [1.165, 1.54) is 23.1 Å². The number of benzene rings is 1. The van der Waals surface area contributed by atoms with Gasteiger partial charge in [0.2, 0.25) is 0 Å². The summed E-state index contributed by atoms with van der Waals surface area (Å²) in [6, 6.07) is 3.48. The zero-order chi connectivity index (χ0) is 16.0. The number of nitrogen functional groups attached to an aromatic ring is 1. The van der Waals surface area contributed by atoms with Gasteiger partial charge in [-0.3, -0.25) is 14.9 Å². The maximum atomic E-state index is 11.8. The highest BCUT2D eigenvalue weighted by atomic mass is 16.6. The number of nitro benzene ring substituents is 1. The van der Waals surface area contributed by atoms with Crippen LogP contribution in [-0.2, 0) is 0 Å². The molecule has 0 unspecified atom stereocenters. The highest BCUT2D eigenvalue weighted by molar-refractivity contribution is 5.95. The molecule has 0 heterocycles. The average Bonchev–Trinajstić information content (AvgIpc) is 2.42. The standard InChI is InChI=1S/C12H17N5O4/c1-16(2)12(19)15-6-5-14-11(18)8-3-4-10(17(20)21)9(13)7-8/h3-4,7H,5-6,13H2,1-2H3,(H,14,18)(H,15,19). The Bertz CT molecular complexity index is 559. The molecular weight excluding hydrogens is 278 g/mol. The minimum Gasteiger partial charge on any atom is -0.393 e. The van der Waals surface area contributed by atoms with Gasteiger partial charge in [-0.25, -0.2) is 4.79 Å². The Labute approximate surface area is 121 Å². The van der Waals surface area contributed by atoms with Crippen LogP contribution in [0.3, 0.4) is 0 Å². The van der Waals surface area contributed by atoms with Crippen LogP contribution in [0.1, 0.15) is 10.4 Å². The molecule has 0 atom stereocenters. The number of amides is 3. The lowest BCUT2D eigenvalue weighted by molar-refractivity contribution is -0.383. The van der Waals surface area contributed by atoms with Crippen molar-refractivity contribution < 1.29 is 14.5 Å². The second-order valence-electron chi connectivity index (χ2n) is 4.41. The van der Waals surface area contributed by atoms with Gasteiger partial charge in [-0.2, -0.15) is 0 Å². The molecule has 1 aromatic carbocycles. The summed E-state index contributed by atoms with van der Waals surface area (Å²) in [6.07, 6.45) is 0. The molecule has 0 aliphatic heterocycles. The highest BCUT2D eigenvalue weighted by Crippen LogP contribution is 2.21. The van der Waals surface area contributed by atoms with Crippen molar-refractivity contribution in [1.82, 2.24) is 15.5 Å². The summed E-state index contributed by atoms with van der Waals surface area (Å²) in [4.78, 5) is 34.4. The smallest absolute Gasteiger partial charge is 0.316 e. The van der Waals surface area contributed by atoms with E-state index < -0.39 is 10.8 Å². The number of carbonyl (C=O) groups excluding carboxylic acids is 2. The molecule has 0 aliphatic rings. The van der Waals surface area contributed by atoms with Crippen LogP contribution in [0.5, 0.6) is 0 Å². The number of nitrogens with one attached hydrogen (secondary N) is 2. The third-order valence-electron chi connectivity index (χ3n) is 2.58. The van der Waals surface area contributed by atoms with E-state index in [4.69, 9.17) is 5.73 Å². The summed E-state index contributed by atoms with van der Waals surface area (Å²) in [5.74, 6) is -0.421. The fraction of sp³-hybridized carbons (Fsp3) is 0.333. The van der Waals surface area contributed by atoms with E-state index in [0.717, 1.165) is 0 Å². The summed E-state index contributed by atoms with van der Waals surface area (Å²) in [5.41, 5.74) is 5.40. The van der Waals surface area contributed by atoms with Crippen LogP contribution in [0.4, 0.5) is 16.2 Å². The molecular formula is C12H17N5O4. The number of urea groups is 1. The zero-order valence-corrected chi connectivity index (χ0v) is 11.8. The number of carbonyl (C=O) groups is 2. The van der Waals surface area contributed by atoms with Crippen molar-refractivity contribution in [3.05, 3.63) is 33.9 Å². The molecule has 4 N–H and O–H groups in total. The summed E-state index contributed by atoms with van der Waals surface area (Å²) in [6.45, 7) is 0.501. The summed E-state index contributed by atoms with van der Waals surface area (Å²) in [5, 5.41) is 15.8. The monoisotopic (exact) mass is 295 g/mol. The van der Waals surface area contributed by atoms with E-state index in [9.17, 15) is 19.7 Å². The van der Waals surface area contributed by atoms with Gasteiger partial charge in [0.05, 0.1) is 4.92 Å². The minimum absolute atomic E-state index is 0.0754. The first kappa shape index (κ1) is 16.2. The van der Waals surface area contributed by atoms with Crippen molar-refractivity contribution in [2.24, 2.45) is 0 Å².